The third-order valence-electron chi connectivity index (χ3n) is 2.83. The molecule has 2 heterocycles. The lowest BCUT2D eigenvalue weighted by Gasteiger charge is -2.12. The van der Waals surface area contributed by atoms with Crippen molar-refractivity contribution in [1.82, 2.24) is 15.1 Å². The van der Waals surface area contributed by atoms with Gasteiger partial charge in [-0.2, -0.15) is 8.78 Å². The molecule has 1 saturated heterocycles. The van der Waals surface area contributed by atoms with E-state index >= 15 is 0 Å². The van der Waals surface area contributed by atoms with Gasteiger partial charge in [0.05, 0.1) is 6.61 Å². The zero-order valence-corrected chi connectivity index (χ0v) is 10.4. The maximum Gasteiger partial charge on any atom is 0.345 e. The van der Waals surface area contributed by atoms with Gasteiger partial charge in [-0.25, -0.2) is 4.68 Å². The zero-order valence-electron chi connectivity index (χ0n) is 10.4. The Labute approximate surface area is 108 Å². The normalized spacial score (nSPS) is 22.9. The second kappa shape index (κ2) is 6.07. The van der Waals surface area contributed by atoms with E-state index in [2.05, 4.69) is 15.2 Å². The number of nitrogens with zero attached hydrogens (tertiary/aromatic N) is 2. The fourth-order valence-electron chi connectivity index (χ4n) is 1.90. The molecule has 0 bridgehead atoms. The van der Waals surface area contributed by atoms with Crippen molar-refractivity contribution in [3.05, 3.63) is 22.5 Å². The van der Waals surface area contributed by atoms with Crippen LogP contribution in [0.15, 0.2) is 16.9 Å². The number of halogens is 2. The van der Waals surface area contributed by atoms with E-state index in [0.29, 0.717) is 18.8 Å². The van der Waals surface area contributed by atoms with E-state index < -0.39 is 6.61 Å². The molecule has 0 unspecified atom stereocenters. The lowest BCUT2D eigenvalue weighted by molar-refractivity contribution is -0.133. The van der Waals surface area contributed by atoms with Crippen molar-refractivity contribution < 1.29 is 18.3 Å². The summed E-state index contributed by atoms with van der Waals surface area (Å²) in [6.45, 7) is -2.29. The first-order chi connectivity index (χ1) is 9.04. The minimum absolute atomic E-state index is 0.0573. The summed E-state index contributed by atoms with van der Waals surface area (Å²) in [7, 11) is 1.53. The number of hydrogen-bond acceptors (Lipinski definition) is 5. The molecule has 1 fully saturated rings. The highest BCUT2D eigenvalue weighted by Gasteiger charge is 2.26. The Hall–Kier alpha value is -1.54. The third kappa shape index (κ3) is 3.97. The van der Waals surface area contributed by atoms with Gasteiger partial charge in [-0.15, -0.1) is 5.10 Å². The first kappa shape index (κ1) is 13.9. The summed E-state index contributed by atoms with van der Waals surface area (Å²) in [4.78, 5) is 11.2. The van der Waals surface area contributed by atoms with Crippen LogP contribution in [0.1, 0.15) is 6.42 Å². The van der Waals surface area contributed by atoms with Crippen LogP contribution in [0.2, 0.25) is 0 Å². The van der Waals surface area contributed by atoms with E-state index in [4.69, 9.17) is 4.74 Å². The van der Waals surface area contributed by atoms with E-state index in [0.717, 1.165) is 0 Å². The molecular weight excluding hydrogens is 260 g/mol. The molecule has 0 aliphatic carbocycles. The van der Waals surface area contributed by atoms with Gasteiger partial charge < -0.3 is 14.8 Å². The number of ether oxygens (including phenoxy) is 2. The molecule has 0 aromatic carbocycles. The van der Waals surface area contributed by atoms with Crippen LogP contribution in [-0.2, 0) is 11.8 Å². The summed E-state index contributed by atoms with van der Waals surface area (Å²) in [5.41, 5.74) is -0.222. The second-order valence-electron chi connectivity index (χ2n) is 4.31. The van der Waals surface area contributed by atoms with Crippen molar-refractivity contribution >= 4 is 0 Å². The molecule has 19 heavy (non-hydrogen) atoms. The van der Waals surface area contributed by atoms with Crippen LogP contribution in [-0.4, -0.2) is 41.7 Å². The minimum Gasteiger partial charge on any atom is -0.472 e. The lowest BCUT2D eigenvalue weighted by atomic mass is 10.2. The second-order valence-corrected chi connectivity index (χ2v) is 4.31. The Morgan fingerprint density at radius 1 is 1.58 bits per heavy atom. The molecular formula is C11H15F2N3O3. The molecule has 0 spiro atoms. The SMILES string of the molecule is Cn1nc(O[C@@H]2CN[C@H](COC(F)F)C2)ccc1=O. The van der Waals surface area contributed by atoms with Gasteiger partial charge in [0.15, 0.2) is 0 Å². The number of nitrogens with one attached hydrogen (secondary N) is 1. The Balaban J connectivity index is 1.84. The zero-order chi connectivity index (χ0) is 13.8. The summed E-state index contributed by atoms with van der Waals surface area (Å²) in [6.07, 6.45) is 0.383. The number of aromatic nitrogens is 2. The molecule has 106 valence electrons. The number of hydrogen-bond donors (Lipinski definition) is 1. The molecule has 0 saturated carbocycles. The summed E-state index contributed by atoms with van der Waals surface area (Å²) in [5.74, 6) is 0.337. The van der Waals surface area contributed by atoms with Crippen molar-refractivity contribution in [2.24, 2.45) is 7.05 Å². The van der Waals surface area contributed by atoms with Gasteiger partial charge in [-0.3, -0.25) is 4.79 Å². The van der Waals surface area contributed by atoms with Gasteiger partial charge in [0.2, 0.25) is 5.88 Å². The molecule has 1 aliphatic rings. The van der Waals surface area contributed by atoms with Crippen LogP contribution < -0.4 is 15.6 Å². The highest BCUT2D eigenvalue weighted by atomic mass is 19.3. The molecule has 1 aliphatic heterocycles. The number of rotatable bonds is 5. The van der Waals surface area contributed by atoms with Crippen molar-refractivity contribution in [2.75, 3.05) is 13.2 Å². The average Bonchev–Trinajstić information content (AvgIpc) is 2.79. The highest BCUT2D eigenvalue weighted by molar-refractivity contribution is 5.07. The van der Waals surface area contributed by atoms with Gasteiger partial charge in [0.25, 0.3) is 5.56 Å². The van der Waals surface area contributed by atoms with Crippen LogP contribution in [0, 0.1) is 0 Å². The van der Waals surface area contributed by atoms with Crippen molar-refractivity contribution in [3.8, 4) is 5.88 Å². The van der Waals surface area contributed by atoms with Gasteiger partial charge in [-0.1, -0.05) is 0 Å². The Morgan fingerprint density at radius 3 is 3.05 bits per heavy atom. The van der Waals surface area contributed by atoms with Crippen LogP contribution >= 0.6 is 0 Å². The fourth-order valence-corrected chi connectivity index (χ4v) is 1.90. The van der Waals surface area contributed by atoms with E-state index in [-0.39, 0.29) is 24.3 Å². The molecule has 1 aromatic rings. The van der Waals surface area contributed by atoms with E-state index in [1.807, 2.05) is 0 Å². The highest BCUT2D eigenvalue weighted by Crippen LogP contribution is 2.14. The largest absolute Gasteiger partial charge is 0.472 e. The summed E-state index contributed by atoms with van der Waals surface area (Å²) >= 11 is 0. The first-order valence-corrected chi connectivity index (χ1v) is 5.89. The fraction of sp³-hybridized carbons (Fsp3) is 0.636. The van der Waals surface area contributed by atoms with E-state index in [1.54, 1.807) is 0 Å². The molecule has 2 atom stereocenters. The van der Waals surface area contributed by atoms with Gasteiger partial charge >= 0.3 is 6.61 Å². The first-order valence-electron chi connectivity index (χ1n) is 5.89. The average molecular weight is 275 g/mol. The van der Waals surface area contributed by atoms with Crippen LogP contribution in [0.3, 0.4) is 0 Å². The molecule has 6 nitrogen and oxygen atoms in total. The number of aryl methyl sites for hydroxylation is 1. The van der Waals surface area contributed by atoms with Crippen molar-refractivity contribution in [1.29, 1.82) is 0 Å². The molecule has 1 aromatic heterocycles. The van der Waals surface area contributed by atoms with E-state index in [9.17, 15) is 13.6 Å². The molecule has 2 rings (SSSR count). The maximum atomic E-state index is 11.9. The topological polar surface area (TPSA) is 65.4 Å². The van der Waals surface area contributed by atoms with Gasteiger partial charge in [0, 0.05) is 38.2 Å². The molecule has 8 heteroatoms. The molecule has 0 amide bonds. The summed E-state index contributed by atoms with van der Waals surface area (Å²) in [5, 5.41) is 6.97. The van der Waals surface area contributed by atoms with Gasteiger partial charge in [-0.05, 0) is 0 Å². The van der Waals surface area contributed by atoms with Crippen molar-refractivity contribution in [2.45, 2.75) is 25.2 Å². The molecule has 0 radical (unpaired) electrons. The van der Waals surface area contributed by atoms with Crippen LogP contribution in [0.5, 0.6) is 5.88 Å². The summed E-state index contributed by atoms with van der Waals surface area (Å²) in [6, 6.07) is 2.69. The third-order valence-corrected chi connectivity index (χ3v) is 2.83. The van der Waals surface area contributed by atoms with E-state index in [1.165, 1.54) is 23.9 Å². The molecule has 1 N–H and O–H groups in total. The Morgan fingerprint density at radius 2 is 2.37 bits per heavy atom. The van der Waals surface area contributed by atoms with Gasteiger partial charge in [0.1, 0.15) is 6.10 Å². The maximum absolute atomic E-state index is 11.9. The lowest BCUT2D eigenvalue weighted by Crippen LogP contribution is -2.27. The monoisotopic (exact) mass is 275 g/mol. The van der Waals surface area contributed by atoms with Crippen LogP contribution in [0.25, 0.3) is 0 Å². The summed E-state index contributed by atoms with van der Waals surface area (Å²) < 4.78 is 34.8. The predicted octanol–water partition coefficient (Wildman–Crippen LogP) is 0.129. The van der Waals surface area contributed by atoms with Crippen molar-refractivity contribution in [3.63, 3.8) is 0 Å². The number of alkyl halides is 2. The standard InChI is InChI=1S/C11H15F2N3O3/c1-16-10(17)3-2-9(15-16)19-8-4-7(14-5-8)6-18-11(12)13/h2-3,7-8,11,14H,4-6H2,1H3/t7-,8-/m0/s1. The minimum atomic E-state index is -2.76. The predicted molar refractivity (Wildman–Crippen MR) is 62.3 cm³/mol. The smallest absolute Gasteiger partial charge is 0.345 e. The van der Waals surface area contributed by atoms with Crippen LogP contribution in [0.4, 0.5) is 8.78 Å². The quantitative estimate of drug-likeness (QED) is 0.827. The Bertz CT molecular complexity index is 480. The Kier molecular flexibility index (Phi) is 4.43.